The van der Waals surface area contributed by atoms with E-state index in [0.717, 1.165) is 0 Å². The van der Waals surface area contributed by atoms with Gasteiger partial charge in [-0.05, 0) is 17.7 Å². The monoisotopic (exact) mass is 169 g/mol. The van der Waals surface area contributed by atoms with E-state index < -0.39 is 6.10 Å². The second-order valence-corrected chi connectivity index (χ2v) is 2.47. The molecule has 12 heavy (non-hydrogen) atoms. The van der Waals surface area contributed by atoms with Gasteiger partial charge in [-0.3, -0.25) is 0 Å². The predicted molar refractivity (Wildman–Crippen MR) is 42.9 cm³/mol. The SMILES string of the molecule is OCC(O)[CH]c1cccc(F)c1. The van der Waals surface area contributed by atoms with Crippen LogP contribution < -0.4 is 0 Å². The van der Waals surface area contributed by atoms with Crippen LogP contribution in [0.3, 0.4) is 0 Å². The number of halogens is 1. The summed E-state index contributed by atoms with van der Waals surface area (Å²) in [4.78, 5) is 0. The molecular formula is C9H10FO2. The van der Waals surface area contributed by atoms with Crippen LogP contribution in [-0.4, -0.2) is 22.9 Å². The number of benzene rings is 1. The lowest BCUT2D eigenvalue weighted by Gasteiger charge is -2.05. The highest BCUT2D eigenvalue weighted by Gasteiger charge is 2.04. The summed E-state index contributed by atoms with van der Waals surface area (Å²) in [6.07, 6.45) is 0.468. The summed E-state index contributed by atoms with van der Waals surface area (Å²) in [5, 5.41) is 17.5. The van der Waals surface area contributed by atoms with Crippen LogP contribution in [0, 0.1) is 12.2 Å². The highest BCUT2D eigenvalue weighted by atomic mass is 19.1. The third-order valence-electron chi connectivity index (χ3n) is 1.42. The van der Waals surface area contributed by atoms with Crippen LogP contribution in [0.1, 0.15) is 5.56 Å². The topological polar surface area (TPSA) is 40.5 Å². The Bertz CT molecular complexity index is 250. The van der Waals surface area contributed by atoms with E-state index in [2.05, 4.69) is 0 Å². The average molecular weight is 169 g/mol. The number of aliphatic hydroxyl groups excluding tert-OH is 2. The Morgan fingerprint density at radius 2 is 2.25 bits per heavy atom. The van der Waals surface area contributed by atoms with Crippen LogP contribution in [0.15, 0.2) is 24.3 Å². The van der Waals surface area contributed by atoms with Gasteiger partial charge in [0.05, 0.1) is 12.7 Å². The van der Waals surface area contributed by atoms with Crippen molar-refractivity contribution in [1.82, 2.24) is 0 Å². The van der Waals surface area contributed by atoms with Crippen molar-refractivity contribution >= 4 is 0 Å². The Morgan fingerprint density at radius 1 is 1.50 bits per heavy atom. The first-order valence-corrected chi connectivity index (χ1v) is 3.62. The highest BCUT2D eigenvalue weighted by Crippen LogP contribution is 2.07. The van der Waals surface area contributed by atoms with Crippen molar-refractivity contribution in [2.24, 2.45) is 0 Å². The molecule has 0 saturated carbocycles. The van der Waals surface area contributed by atoms with Gasteiger partial charge in [-0.25, -0.2) is 4.39 Å². The van der Waals surface area contributed by atoms with E-state index in [9.17, 15) is 4.39 Å². The molecule has 1 radical (unpaired) electrons. The molecule has 2 nitrogen and oxygen atoms in total. The Morgan fingerprint density at radius 3 is 2.83 bits per heavy atom. The third-order valence-corrected chi connectivity index (χ3v) is 1.42. The maximum Gasteiger partial charge on any atom is 0.123 e. The van der Waals surface area contributed by atoms with Gasteiger partial charge in [0.15, 0.2) is 0 Å². The average Bonchev–Trinajstić information content (AvgIpc) is 2.04. The first-order chi connectivity index (χ1) is 5.72. The lowest BCUT2D eigenvalue weighted by atomic mass is 10.1. The van der Waals surface area contributed by atoms with Gasteiger partial charge in [0, 0.05) is 6.42 Å². The van der Waals surface area contributed by atoms with Crippen LogP contribution in [0.2, 0.25) is 0 Å². The molecule has 0 aromatic heterocycles. The van der Waals surface area contributed by atoms with Crippen molar-refractivity contribution < 1.29 is 14.6 Å². The first-order valence-electron chi connectivity index (χ1n) is 3.62. The quantitative estimate of drug-likeness (QED) is 0.700. The fraction of sp³-hybridized carbons (Fsp3) is 0.222. The molecule has 0 fully saturated rings. The number of rotatable bonds is 3. The van der Waals surface area contributed by atoms with Gasteiger partial charge in [-0.15, -0.1) is 0 Å². The molecule has 0 bridgehead atoms. The Balaban J connectivity index is 2.63. The minimum absolute atomic E-state index is 0.351. The van der Waals surface area contributed by atoms with Crippen LogP contribution >= 0.6 is 0 Å². The predicted octanol–water partition coefficient (Wildman–Crippen LogP) is 0.731. The molecule has 1 aromatic carbocycles. The second-order valence-electron chi connectivity index (χ2n) is 2.47. The van der Waals surface area contributed by atoms with Crippen LogP contribution in [0.4, 0.5) is 4.39 Å². The Hall–Kier alpha value is -0.930. The van der Waals surface area contributed by atoms with Crippen LogP contribution in [0.5, 0.6) is 0 Å². The van der Waals surface area contributed by atoms with Gasteiger partial charge in [-0.1, -0.05) is 12.1 Å². The molecule has 1 aromatic rings. The largest absolute Gasteiger partial charge is 0.394 e. The summed E-state index contributed by atoms with van der Waals surface area (Å²) >= 11 is 0. The summed E-state index contributed by atoms with van der Waals surface area (Å²) in [7, 11) is 0. The molecule has 1 atom stereocenters. The van der Waals surface area contributed by atoms with Gasteiger partial charge in [0.25, 0.3) is 0 Å². The summed E-state index contributed by atoms with van der Waals surface area (Å²) in [5.74, 6) is -0.353. The second kappa shape index (κ2) is 4.18. The van der Waals surface area contributed by atoms with Gasteiger partial charge in [-0.2, -0.15) is 0 Å². The smallest absolute Gasteiger partial charge is 0.123 e. The number of aliphatic hydroxyl groups is 2. The molecule has 0 spiro atoms. The summed E-state index contributed by atoms with van der Waals surface area (Å²) < 4.78 is 12.6. The summed E-state index contributed by atoms with van der Waals surface area (Å²) in [6, 6.07) is 5.81. The maximum atomic E-state index is 12.6. The molecule has 65 valence electrons. The van der Waals surface area contributed by atoms with E-state index in [0.29, 0.717) is 5.56 Å². The van der Waals surface area contributed by atoms with Crippen molar-refractivity contribution in [2.45, 2.75) is 6.10 Å². The Labute approximate surface area is 70.3 Å². The van der Waals surface area contributed by atoms with Gasteiger partial charge in [0.2, 0.25) is 0 Å². The van der Waals surface area contributed by atoms with Crippen molar-refractivity contribution in [3.63, 3.8) is 0 Å². The first kappa shape index (κ1) is 9.16. The normalized spacial score (nSPS) is 12.9. The molecule has 0 saturated heterocycles. The molecular weight excluding hydrogens is 159 g/mol. The molecule has 0 heterocycles. The molecule has 0 amide bonds. The van der Waals surface area contributed by atoms with Crippen molar-refractivity contribution in [2.75, 3.05) is 6.61 Å². The molecule has 0 aliphatic carbocycles. The van der Waals surface area contributed by atoms with E-state index in [1.54, 1.807) is 12.1 Å². The zero-order valence-corrected chi connectivity index (χ0v) is 6.44. The van der Waals surface area contributed by atoms with Gasteiger partial charge >= 0.3 is 0 Å². The summed E-state index contributed by atoms with van der Waals surface area (Å²) in [5.41, 5.74) is 0.566. The van der Waals surface area contributed by atoms with Crippen molar-refractivity contribution in [1.29, 1.82) is 0 Å². The van der Waals surface area contributed by atoms with Crippen LogP contribution in [0.25, 0.3) is 0 Å². The van der Waals surface area contributed by atoms with Crippen LogP contribution in [-0.2, 0) is 0 Å². The molecule has 3 heteroatoms. The van der Waals surface area contributed by atoms with Gasteiger partial charge < -0.3 is 10.2 Å². The minimum atomic E-state index is -0.924. The Kier molecular flexibility index (Phi) is 3.19. The fourth-order valence-electron chi connectivity index (χ4n) is 0.885. The lowest BCUT2D eigenvalue weighted by Crippen LogP contribution is -2.12. The molecule has 0 aliphatic heterocycles. The number of hydrogen-bond donors (Lipinski definition) is 2. The van der Waals surface area contributed by atoms with E-state index in [1.807, 2.05) is 0 Å². The van der Waals surface area contributed by atoms with Crippen molar-refractivity contribution in [3.8, 4) is 0 Å². The molecule has 0 aliphatic rings. The zero-order valence-electron chi connectivity index (χ0n) is 6.44. The van der Waals surface area contributed by atoms with E-state index in [4.69, 9.17) is 10.2 Å². The molecule has 1 rings (SSSR count). The number of hydrogen-bond acceptors (Lipinski definition) is 2. The minimum Gasteiger partial charge on any atom is -0.394 e. The molecule has 2 N–H and O–H groups in total. The standard InChI is InChI=1S/C9H10FO2/c10-8-3-1-2-7(4-8)5-9(12)6-11/h1-5,9,11-12H,6H2. The van der Waals surface area contributed by atoms with E-state index in [-0.39, 0.29) is 12.4 Å². The van der Waals surface area contributed by atoms with E-state index in [1.165, 1.54) is 18.6 Å². The molecule has 1 unspecified atom stereocenters. The van der Waals surface area contributed by atoms with E-state index >= 15 is 0 Å². The highest BCUT2D eigenvalue weighted by molar-refractivity contribution is 5.24. The summed E-state index contributed by atoms with van der Waals surface area (Å²) in [6.45, 7) is -0.351. The maximum absolute atomic E-state index is 12.6. The fourth-order valence-corrected chi connectivity index (χ4v) is 0.885. The lowest BCUT2D eigenvalue weighted by molar-refractivity contribution is 0.122. The van der Waals surface area contributed by atoms with Gasteiger partial charge in [0.1, 0.15) is 5.82 Å². The zero-order chi connectivity index (χ0) is 8.97. The van der Waals surface area contributed by atoms with Crippen molar-refractivity contribution in [3.05, 3.63) is 42.1 Å². The third kappa shape index (κ3) is 2.60.